The minimum atomic E-state index is -1.06. The van der Waals surface area contributed by atoms with Crippen molar-refractivity contribution in [2.45, 2.75) is 127 Å². The van der Waals surface area contributed by atoms with Gasteiger partial charge < -0.3 is 31.1 Å². The summed E-state index contributed by atoms with van der Waals surface area (Å²) in [5.74, 6) is -3.01. The smallest absolute Gasteiger partial charge is 0.316 e. The topological polar surface area (TPSA) is 157 Å². The third kappa shape index (κ3) is 11.3. The van der Waals surface area contributed by atoms with Crippen LogP contribution in [0.5, 0.6) is 0 Å². The van der Waals surface area contributed by atoms with Crippen molar-refractivity contribution in [1.82, 2.24) is 31.1 Å². The number of hydrogen-bond acceptors (Lipinski definition) is 6. The Morgan fingerprint density at radius 1 is 0.851 bits per heavy atom. The first-order chi connectivity index (χ1) is 21.6. The van der Waals surface area contributed by atoms with Gasteiger partial charge in [0.1, 0.15) is 18.1 Å². The fourth-order valence-corrected chi connectivity index (χ4v) is 5.98. The van der Waals surface area contributed by atoms with E-state index in [1.54, 1.807) is 4.90 Å². The lowest BCUT2D eigenvalue weighted by Gasteiger charge is -2.39. The first kappa shape index (κ1) is 41.6. The van der Waals surface area contributed by atoms with Crippen LogP contribution in [0.2, 0.25) is 0 Å². The zero-order chi connectivity index (χ0) is 36.5. The van der Waals surface area contributed by atoms with E-state index in [0.29, 0.717) is 25.9 Å². The van der Waals surface area contributed by atoms with Gasteiger partial charge in [0, 0.05) is 26.2 Å². The number of nitrogens with zero attached hydrogens (tertiary/aromatic N) is 2. The molecule has 1 rings (SSSR count). The Kier molecular flexibility index (Phi) is 15.1. The average Bonchev–Trinajstić information content (AvgIpc) is 3.42. The zero-order valence-electron chi connectivity index (χ0n) is 31.0. The Labute approximate surface area is 282 Å². The second kappa shape index (κ2) is 17.1. The van der Waals surface area contributed by atoms with Crippen LogP contribution in [0.15, 0.2) is 12.7 Å². The van der Waals surface area contributed by atoms with Crippen molar-refractivity contribution in [3.8, 4) is 0 Å². The molecule has 268 valence electrons. The lowest BCUT2D eigenvalue weighted by atomic mass is 9.75. The summed E-state index contributed by atoms with van der Waals surface area (Å²) >= 11 is 0. The van der Waals surface area contributed by atoms with Gasteiger partial charge in [-0.1, -0.05) is 81.7 Å². The van der Waals surface area contributed by atoms with E-state index in [-0.39, 0.29) is 36.8 Å². The minimum absolute atomic E-state index is 0.114. The molecule has 0 aromatic heterocycles. The molecule has 0 spiro atoms. The molecule has 1 unspecified atom stereocenters. The minimum Gasteiger partial charge on any atom is -0.346 e. The molecule has 0 radical (unpaired) electrons. The molecule has 0 aliphatic carbocycles. The maximum Gasteiger partial charge on any atom is 0.316 e. The molecule has 5 atom stereocenters. The maximum absolute atomic E-state index is 14.4. The van der Waals surface area contributed by atoms with E-state index in [4.69, 9.17) is 0 Å². The predicted molar refractivity (Wildman–Crippen MR) is 184 cm³/mol. The number of urea groups is 1. The Morgan fingerprint density at radius 3 is 1.83 bits per heavy atom. The normalized spacial score (nSPS) is 18.8. The molecule has 0 aromatic carbocycles. The summed E-state index contributed by atoms with van der Waals surface area (Å²) < 4.78 is 0. The van der Waals surface area contributed by atoms with Crippen molar-refractivity contribution >= 4 is 35.4 Å². The van der Waals surface area contributed by atoms with E-state index < -0.39 is 64.5 Å². The van der Waals surface area contributed by atoms with Crippen molar-refractivity contribution < 1.29 is 28.8 Å². The summed E-state index contributed by atoms with van der Waals surface area (Å²) in [6.45, 7) is 27.6. The van der Waals surface area contributed by atoms with Gasteiger partial charge in [-0.15, -0.1) is 6.58 Å². The number of Topliss-reactive ketones (excluding diaryl/α,β-unsaturated/α-hetero) is 1. The number of ketones is 1. The molecule has 1 aliphatic rings. The van der Waals surface area contributed by atoms with Gasteiger partial charge in [-0.05, 0) is 48.9 Å². The number of hydrogen-bond donors (Lipinski definition) is 4. The second-order valence-electron chi connectivity index (χ2n) is 15.7. The Hall–Kier alpha value is -3.44. The van der Waals surface area contributed by atoms with Gasteiger partial charge in [0.15, 0.2) is 0 Å². The lowest BCUT2D eigenvalue weighted by molar-refractivity contribution is -0.145. The molecule has 0 saturated carbocycles. The molecule has 12 heteroatoms. The van der Waals surface area contributed by atoms with Gasteiger partial charge in [-0.2, -0.15) is 0 Å². The van der Waals surface area contributed by atoms with E-state index in [2.05, 4.69) is 27.8 Å². The molecule has 1 aliphatic heterocycles. The van der Waals surface area contributed by atoms with Gasteiger partial charge in [-0.25, -0.2) is 4.79 Å². The molecule has 1 saturated heterocycles. The molecule has 1 heterocycles. The van der Waals surface area contributed by atoms with Crippen molar-refractivity contribution in [3.05, 3.63) is 12.7 Å². The molecule has 6 amide bonds. The molecule has 12 nitrogen and oxygen atoms in total. The number of likely N-dealkylation sites (tertiary alicyclic amines) is 1. The summed E-state index contributed by atoms with van der Waals surface area (Å²) in [7, 11) is 0. The van der Waals surface area contributed by atoms with Gasteiger partial charge in [0.05, 0.1) is 6.04 Å². The second-order valence-corrected chi connectivity index (χ2v) is 15.7. The first-order valence-electron chi connectivity index (χ1n) is 17.0. The van der Waals surface area contributed by atoms with Crippen LogP contribution >= 0.6 is 0 Å². The largest absolute Gasteiger partial charge is 0.346 e. The van der Waals surface area contributed by atoms with Crippen LogP contribution in [0.4, 0.5) is 4.79 Å². The van der Waals surface area contributed by atoms with E-state index in [1.807, 2.05) is 83.1 Å². The number of carbonyl (C=O) groups excluding carboxylic acids is 6. The Morgan fingerprint density at radius 2 is 1.38 bits per heavy atom. The lowest BCUT2D eigenvalue weighted by Crippen LogP contribution is -2.63. The Bertz CT molecular complexity index is 1140. The van der Waals surface area contributed by atoms with Gasteiger partial charge in [0.25, 0.3) is 5.91 Å². The number of rotatable bonds is 14. The highest BCUT2D eigenvalue weighted by molar-refractivity contribution is 6.38. The molecule has 1 fully saturated rings. The highest BCUT2D eigenvalue weighted by Gasteiger charge is 2.50. The van der Waals surface area contributed by atoms with Gasteiger partial charge in [0.2, 0.25) is 23.5 Å². The van der Waals surface area contributed by atoms with Crippen LogP contribution in [0.25, 0.3) is 0 Å². The van der Waals surface area contributed by atoms with E-state index in [0.717, 1.165) is 0 Å². The highest BCUT2D eigenvalue weighted by Crippen LogP contribution is 2.40. The van der Waals surface area contributed by atoms with Crippen molar-refractivity contribution in [2.75, 3.05) is 26.2 Å². The fourth-order valence-electron chi connectivity index (χ4n) is 5.98. The fraction of sp³-hybridized carbons (Fsp3) is 0.771. The molecule has 0 bridgehead atoms. The summed E-state index contributed by atoms with van der Waals surface area (Å²) in [6.07, 6.45) is 2.78. The van der Waals surface area contributed by atoms with E-state index >= 15 is 0 Å². The molecule has 0 aromatic rings. The summed E-state index contributed by atoms with van der Waals surface area (Å²) in [5.41, 5.74) is -1.75. The zero-order valence-corrected chi connectivity index (χ0v) is 31.0. The molecular formula is C35H62N6O6. The van der Waals surface area contributed by atoms with Gasteiger partial charge in [-0.3, -0.25) is 24.0 Å². The summed E-state index contributed by atoms with van der Waals surface area (Å²) in [4.78, 5) is 83.9. The molecule has 4 N–H and O–H groups in total. The third-order valence-corrected chi connectivity index (χ3v) is 8.76. The number of nitrogens with one attached hydrogen (secondary N) is 4. The summed E-state index contributed by atoms with van der Waals surface area (Å²) in [5, 5.41) is 10.9. The third-order valence-electron chi connectivity index (χ3n) is 8.76. The van der Waals surface area contributed by atoms with E-state index in [1.165, 1.54) is 11.0 Å². The molecular weight excluding hydrogens is 600 g/mol. The maximum atomic E-state index is 14.4. The van der Waals surface area contributed by atoms with Crippen LogP contribution in [-0.2, 0) is 24.0 Å². The standard InChI is InChI=1S/C35H62N6O6/c1-14-18-23(25(42)29(44)36-20-15-2)37-28(43)24-22(33(5,6)7)19-21-41(24)31(46)27(35(11,12)13)39-32(47)38-26(34(8,9)10)30(45)40(16-3)17-4/h15,22-24,26-27H,2,14,16-21H2,1,3-13H3,(H,36,44)(H,37,43)(H2,38,39,47)/t22-,23?,24-,26+,27+/m0/s1. The van der Waals surface area contributed by atoms with Crippen LogP contribution in [-0.4, -0.2) is 95.6 Å². The van der Waals surface area contributed by atoms with Gasteiger partial charge >= 0.3 is 6.03 Å². The van der Waals surface area contributed by atoms with Crippen LogP contribution in [0, 0.1) is 22.2 Å². The Balaban J connectivity index is 3.43. The number of amides is 6. The summed E-state index contributed by atoms with van der Waals surface area (Å²) in [6, 6.07) is -4.54. The van der Waals surface area contributed by atoms with E-state index in [9.17, 15) is 28.8 Å². The first-order valence-corrected chi connectivity index (χ1v) is 17.0. The van der Waals surface area contributed by atoms with Crippen LogP contribution < -0.4 is 21.3 Å². The van der Waals surface area contributed by atoms with Crippen molar-refractivity contribution in [2.24, 2.45) is 22.2 Å². The average molecular weight is 663 g/mol. The molecule has 47 heavy (non-hydrogen) atoms. The van der Waals surface area contributed by atoms with Crippen molar-refractivity contribution in [1.29, 1.82) is 0 Å². The SMILES string of the molecule is C=CCNC(=O)C(=O)C(CCC)NC(=O)[C@@H]1[C@@H](C(C)(C)C)CCN1C(=O)[C@@H](NC(=O)N[C@H](C(=O)N(CC)CC)C(C)(C)C)C(C)(C)C. The number of carbonyl (C=O) groups is 6. The van der Waals surface area contributed by atoms with Crippen LogP contribution in [0.1, 0.15) is 102 Å². The monoisotopic (exact) mass is 662 g/mol. The number of likely N-dealkylation sites (N-methyl/N-ethyl adjacent to an activating group) is 1. The highest BCUT2D eigenvalue weighted by atomic mass is 16.2. The quantitative estimate of drug-likeness (QED) is 0.165. The van der Waals surface area contributed by atoms with Crippen LogP contribution in [0.3, 0.4) is 0 Å². The predicted octanol–water partition coefficient (Wildman–Crippen LogP) is 3.40. The van der Waals surface area contributed by atoms with Crippen molar-refractivity contribution in [3.63, 3.8) is 0 Å².